The molecule has 0 fully saturated rings. The summed E-state index contributed by atoms with van der Waals surface area (Å²) in [7, 11) is 0. The van der Waals surface area contributed by atoms with Crippen LogP contribution in [0.4, 0.5) is 0 Å². The van der Waals surface area contributed by atoms with Crippen LogP contribution in [0.25, 0.3) is 0 Å². The highest BCUT2D eigenvalue weighted by molar-refractivity contribution is 9.10. The molecule has 1 heterocycles. The monoisotopic (exact) mass is 285 g/mol. The summed E-state index contributed by atoms with van der Waals surface area (Å²) in [5.41, 5.74) is 0.727. The number of aliphatic hydroxyl groups is 2. The molecule has 0 unspecified atom stereocenters. The zero-order chi connectivity index (χ0) is 11.6. The van der Waals surface area contributed by atoms with Gasteiger partial charge in [-0.1, -0.05) is 33.2 Å². The maximum absolute atomic E-state index is 9.16. The van der Waals surface area contributed by atoms with E-state index < -0.39 is 5.60 Å². The number of rotatable bonds is 3. The number of oxime groups is 1. The third-order valence-electron chi connectivity index (χ3n) is 2.59. The average molecular weight is 286 g/mol. The van der Waals surface area contributed by atoms with Gasteiger partial charge >= 0.3 is 0 Å². The van der Waals surface area contributed by atoms with Crippen molar-refractivity contribution in [1.82, 2.24) is 0 Å². The van der Waals surface area contributed by atoms with Gasteiger partial charge in [-0.3, -0.25) is 0 Å². The molecule has 0 bridgehead atoms. The summed E-state index contributed by atoms with van der Waals surface area (Å²) in [6.45, 7) is -0.486. The van der Waals surface area contributed by atoms with E-state index in [9.17, 15) is 0 Å². The Morgan fingerprint density at radius 3 is 2.38 bits per heavy atom. The molecule has 0 saturated heterocycles. The van der Waals surface area contributed by atoms with Crippen LogP contribution in [-0.4, -0.2) is 34.7 Å². The number of benzene rings is 1. The van der Waals surface area contributed by atoms with Gasteiger partial charge in [-0.15, -0.1) is 0 Å². The van der Waals surface area contributed by atoms with E-state index in [2.05, 4.69) is 21.1 Å². The topological polar surface area (TPSA) is 62.0 Å². The van der Waals surface area contributed by atoms with Gasteiger partial charge in [-0.2, -0.15) is 0 Å². The molecule has 0 spiro atoms. The van der Waals surface area contributed by atoms with Crippen molar-refractivity contribution in [3.8, 4) is 0 Å². The van der Waals surface area contributed by atoms with Crippen molar-refractivity contribution in [1.29, 1.82) is 0 Å². The standard InChI is InChI=1S/C11H12BrNO3/c12-9-3-1-8(2-4-9)10-5-11(6-14,7-15)16-13-10/h1-4,14-15H,5-7H2. The van der Waals surface area contributed by atoms with Crippen LogP contribution in [0.1, 0.15) is 12.0 Å². The van der Waals surface area contributed by atoms with E-state index in [1.807, 2.05) is 24.3 Å². The van der Waals surface area contributed by atoms with Crippen molar-refractivity contribution in [3.63, 3.8) is 0 Å². The third kappa shape index (κ3) is 2.11. The molecule has 1 aliphatic rings. The lowest BCUT2D eigenvalue weighted by Crippen LogP contribution is -2.37. The lowest BCUT2D eigenvalue weighted by Gasteiger charge is -2.20. The summed E-state index contributed by atoms with van der Waals surface area (Å²) in [5.74, 6) is 0. The van der Waals surface area contributed by atoms with Crippen LogP contribution in [0.2, 0.25) is 0 Å². The molecule has 0 aliphatic carbocycles. The summed E-state index contributed by atoms with van der Waals surface area (Å²) < 4.78 is 0.992. The molecule has 1 aliphatic heterocycles. The van der Waals surface area contributed by atoms with Crippen molar-refractivity contribution in [2.45, 2.75) is 12.0 Å². The van der Waals surface area contributed by atoms with Gasteiger partial charge in [-0.05, 0) is 17.7 Å². The predicted octanol–water partition coefficient (Wildman–Crippen LogP) is 1.30. The van der Waals surface area contributed by atoms with Crippen molar-refractivity contribution < 1.29 is 15.1 Å². The normalized spacial score (nSPS) is 18.1. The van der Waals surface area contributed by atoms with Crippen molar-refractivity contribution >= 4 is 21.6 Å². The summed E-state index contributed by atoms with van der Waals surface area (Å²) in [6, 6.07) is 7.65. The minimum atomic E-state index is -0.956. The Morgan fingerprint density at radius 2 is 1.88 bits per heavy atom. The van der Waals surface area contributed by atoms with Gasteiger partial charge < -0.3 is 15.1 Å². The first-order chi connectivity index (χ1) is 7.69. The number of halogens is 1. The van der Waals surface area contributed by atoms with E-state index in [1.165, 1.54) is 0 Å². The second kappa shape index (κ2) is 4.53. The molecule has 5 heteroatoms. The molecular weight excluding hydrogens is 274 g/mol. The number of hydrogen-bond acceptors (Lipinski definition) is 4. The first-order valence-corrected chi connectivity index (χ1v) is 5.71. The molecule has 0 atom stereocenters. The van der Waals surface area contributed by atoms with Gasteiger partial charge in [0.05, 0.1) is 18.9 Å². The molecular formula is C11H12BrNO3. The van der Waals surface area contributed by atoms with Gasteiger partial charge in [0.2, 0.25) is 0 Å². The van der Waals surface area contributed by atoms with Gasteiger partial charge in [-0.25, -0.2) is 0 Å². The molecule has 86 valence electrons. The van der Waals surface area contributed by atoms with Crippen LogP contribution in [0.3, 0.4) is 0 Å². The second-order valence-corrected chi connectivity index (χ2v) is 4.73. The van der Waals surface area contributed by atoms with E-state index in [4.69, 9.17) is 15.1 Å². The lowest BCUT2D eigenvalue weighted by atomic mass is 9.96. The first-order valence-electron chi connectivity index (χ1n) is 4.92. The zero-order valence-corrected chi connectivity index (χ0v) is 10.1. The fraction of sp³-hybridized carbons (Fsp3) is 0.364. The SMILES string of the molecule is OCC1(CO)CC(c2ccc(Br)cc2)=NO1. The van der Waals surface area contributed by atoms with Crippen LogP contribution in [0, 0.1) is 0 Å². The van der Waals surface area contributed by atoms with Crippen molar-refractivity contribution in [3.05, 3.63) is 34.3 Å². The molecule has 1 aromatic carbocycles. The lowest BCUT2D eigenvalue weighted by molar-refractivity contribution is -0.0878. The van der Waals surface area contributed by atoms with E-state index in [-0.39, 0.29) is 13.2 Å². The number of aliphatic hydroxyl groups excluding tert-OH is 2. The third-order valence-corrected chi connectivity index (χ3v) is 3.12. The average Bonchev–Trinajstić information content (AvgIpc) is 2.75. The fourth-order valence-electron chi connectivity index (χ4n) is 1.54. The second-order valence-electron chi connectivity index (χ2n) is 3.81. The summed E-state index contributed by atoms with van der Waals surface area (Å²) in [6.07, 6.45) is 0.418. The first kappa shape index (κ1) is 11.6. The molecule has 1 aromatic rings. The Bertz CT molecular complexity index is 398. The highest BCUT2D eigenvalue weighted by Gasteiger charge is 2.38. The van der Waals surface area contributed by atoms with E-state index >= 15 is 0 Å². The number of hydrogen-bond donors (Lipinski definition) is 2. The molecule has 0 saturated carbocycles. The summed E-state index contributed by atoms with van der Waals surface area (Å²) >= 11 is 3.35. The highest BCUT2D eigenvalue weighted by atomic mass is 79.9. The van der Waals surface area contributed by atoms with Gasteiger partial charge in [0.25, 0.3) is 0 Å². The Kier molecular flexibility index (Phi) is 3.28. The summed E-state index contributed by atoms with van der Waals surface area (Å²) in [5, 5.41) is 22.2. The fourth-order valence-corrected chi connectivity index (χ4v) is 1.80. The van der Waals surface area contributed by atoms with Crippen LogP contribution in [0.5, 0.6) is 0 Å². The van der Waals surface area contributed by atoms with Gasteiger partial charge in [0.1, 0.15) is 0 Å². The van der Waals surface area contributed by atoms with E-state index in [0.29, 0.717) is 6.42 Å². The van der Waals surface area contributed by atoms with Crippen LogP contribution >= 0.6 is 15.9 Å². The van der Waals surface area contributed by atoms with Crippen LogP contribution < -0.4 is 0 Å². The molecule has 0 amide bonds. The maximum atomic E-state index is 9.16. The van der Waals surface area contributed by atoms with Crippen LogP contribution in [-0.2, 0) is 4.84 Å². The Labute approximate surface area is 102 Å². The quantitative estimate of drug-likeness (QED) is 0.880. The zero-order valence-electron chi connectivity index (χ0n) is 8.56. The smallest absolute Gasteiger partial charge is 0.188 e. The Balaban J connectivity index is 2.17. The molecule has 2 N–H and O–H groups in total. The minimum Gasteiger partial charge on any atom is -0.392 e. The molecule has 16 heavy (non-hydrogen) atoms. The maximum Gasteiger partial charge on any atom is 0.188 e. The van der Waals surface area contributed by atoms with Crippen molar-refractivity contribution in [2.75, 3.05) is 13.2 Å². The number of nitrogens with zero attached hydrogens (tertiary/aromatic N) is 1. The Hall–Kier alpha value is -0.910. The molecule has 2 rings (SSSR count). The predicted molar refractivity (Wildman–Crippen MR) is 63.3 cm³/mol. The minimum absolute atomic E-state index is 0.243. The van der Waals surface area contributed by atoms with Crippen LogP contribution in [0.15, 0.2) is 33.9 Å². The van der Waals surface area contributed by atoms with Gasteiger partial charge in [0, 0.05) is 10.9 Å². The highest BCUT2D eigenvalue weighted by Crippen LogP contribution is 2.26. The van der Waals surface area contributed by atoms with Gasteiger partial charge in [0.15, 0.2) is 5.60 Å². The summed E-state index contributed by atoms with van der Waals surface area (Å²) in [4.78, 5) is 5.11. The largest absolute Gasteiger partial charge is 0.392 e. The van der Waals surface area contributed by atoms with E-state index in [0.717, 1.165) is 15.7 Å². The molecule has 0 aromatic heterocycles. The molecule has 4 nitrogen and oxygen atoms in total. The molecule has 0 radical (unpaired) electrons. The van der Waals surface area contributed by atoms with Crippen molar-refractivity contribution in [2.24, 2.45) is 5.16 Å². The Morgan fingerprint density at radius 1 is 1.25 bits per heavy atom. The van der Waals surface area contributed by atoms with E-state index in [1.54, 1.807) is 0 Å².